The minimum absolute atomic E-state index is 0.135. The van der Waals surface area contributed by atoms with Crippen LogP contribution in [0.4, 0.5) is 0 Å². The summed E-state index contributed by atoms with van der Waals surface area (Å²) >= 11 is 0. The molecule has 2 fully saturated rings. The van der Waals surface area contributed by atoms with Gasteiger partial charge in [0.15, 0.2) is 0 Å². The molecule has 5 nitrogen and oxygen atoms in total. The van der Waals surface area contributed by atoms with Crippen molar-refractivity contribution in [2.75, 3.05) is 6.54 Å². The highest BCUT2D eigenvalue weighted by Gasteiger charge is 2.42. The maximum atomic E-state index is 6.45. The molecule has 27 heavy (non-hydrogen) atoms. The largest absolute Gasteiger partial charge is 0.324 e. The molecule has 2 N–H and O–H groups in total. The highest BCUT2D eigenvalue weighted by atomic mass is 15.3. The molecule has 4 rings (SSSR count). The lowest BCUT2D eigenvalue weighted by Crippen LogP contribution is -2.44. The van der Waals surface area contributed by atoms with Crippen LogP contribution in [0.1, 0.15) is 81.2 Å². The Labute approximate surface area is 163 Å². The van der Waals surface area contributed by atoms with E-state index in [0.717, 1.165) is 24.6 Å². The maximum Gasteiger partial charge on any atom is 0.135 e. The first-order chi connectivity index (χ1) is 13.0. The van der Waals surface area contributed by atoms with Crippen molar-refractivity contribution in [3.8, 4) is 0 Å². The van der Waals surface area contributed by atoms with Crippen LogP contribution in [0.5, 0.6) is 0 Å². The average molecular weight is 368 g/mol. The summed E-state index contributed by atoms with van der Waals surface area (Å²) in [6.45, 7) is 7.64. The smallest absolute Gasteiger partial charge is 0.135 e. The van der Waals surface area contributed by atoms with Gasteiger partial charge in [0.1, 0.15) is 11.6 Å². The van der Waals surface area contributed by atoms with E-state index in [4.69, 9.17) is 5.73 Å². The standard InChI is InChI=1S/C22H33N5/c1-15(2)22-25-24-16(3)27(22)20-13-18-9-10-19(14-20)26(18)12-11-21(23)17-7-5-4-6-8-17/h4-8,15,18-21H,9-14,23H2,1-3H3/t18-,19?,20?,21-/m0/s1. The predicted molar refractivity (Wildman–Crippen MR) is 109 cm³/mol. The van der Waals surface area contributed by atoms with Gasteiger partial charge in [-0.1, -0.05) is 44.2 Å². The van der Waals surface area contributed by atoms with E-state index >= 15 is 0 Å². The third kappa shape index (κ3) is 3.67. The van der Waals surface area contributed by atoms with Crippen LogP contribution in [-0.2, 0) is 0 Å². The Kier molecular flexibility index (Phi) is 5.33. The van der Waals surface area contributed by atoms with Gasteiger partial charge in [-0.25, -0.2) is 0 Å². The average Bonchev–Trinajstić information content (AvgIpc) is 3.16. The summed E-state index contributed by atoms with van der Waals surface area (Å²) in [4.78, 5) is 2.74. The van der Waals surface area contributed by atoms with Crippen molar-refractivity contribution in [2.24, 2.45) is 5.73 Å². The number of fused-ring (bicyclic) bond motifs is 2. The number of benzene rings is 1. The van der Waals surface area contributed by atoms with Crippen molar-refractivity contribution in [1.82, 2.24) is 19.7 Å². The molecule has 1 aromatic carbocycles. The number of nitrogens with zero attached hydrogens (tertiary/aromatic N) is 4. The van der Waals surface area contributed by atoms with Gasteiger partial charge in [-0.15, -0.1) is 10.2 Å². The van der Waals surface area contributed by atoms with Crippen LogP contribution in [0.3, 0.4) is 0 Å². The minimum atomic E-state index is 0.135. The van der Waals surface area contributed by atoms with Crippen molar-refractivity contribution >= 4 is 0 Å². The van der Waals surface area contributed by atoms with Crippen molar-refractivity contribution in [3.63, 3.8) is 0 Å². The lowest BCUT2D eigenvalue weighted by atomic mass is 9.95. The number of hydrogen-bond acceptors (Lipinski definition) is 4. The Hall–Kier alpha value is -1.72. The molecule has 4 atom stereocenters. The topological polar surface area (TPSA) is 60.0 Å². The van der Waals surface area contributed by atoms with Gasteiger partial charge in [-0.05, 0) is 44.6 Å². The molecule has 2 aromatic rings. The van der Waals surface area contributed by atoms with Crippen LogP contribution in [0.2, 0.25) is 0 Å². The van der Waals surface area contributed by atoms with E-state index in [1.54, 1.807) is 0 Å². The van der Waals surface area contributed by atoms with Crippen molar-refractivity contribution in [2.45, 2.75) is 83.0 Å². The fourth-order valence-electron chi connectivity index (χ4n) is 5.21. The second-order valence-electron chi connectivity index (χ2n) is 8.68. The third-order valence-corrected chi connectivity index (χ3v) is 6.56. The molecule has 0 spiro atoms. The van der Waals surface area contributed by atoms with Crippen molar-refractivity contribution in [3.05, 3.63) is 47.5 Å². The van der Waals surface area contributed by atoms with Gasteiger partial charge in [-0.2, -0.15) is 0 Å². The predicted octanol–water partition coefficient (Wildman–Crippen LogP) is 3.97. The van der Waals surface area contributed by atoms with Gasteiger partial charge in [0.05, 0.1) is 0 Å². The van der Waals surface area contributed by atoms with Crippen molar-refractivity contribution < 1.29 is 0 Å². The van der Waals surface area contributed by atoms with E-state index in [0.29, 0.717) is 24.0 Å². The highest BCUT2D eigenvalue weighted by Crippen LogP contribution is 2.42. The molecule has 3 heterocycles. The van der Waals surface area contributed by atoms with Crippen LogP contribution < -0.4 is 5.73 Å². The molecule has 0 saturated carbocycles. The molecule has 0 radical (unpaired) electrons. The summed E-state index contributed by atoms with van der Waals surface area (Å²) in [5.74, 6) is 2.64. The molecule has 2 aliphatic heterocycles. The van der Waals surface area contributed by atoms with E-state index < -0.39 is 0 Å². The summed E-state index contributed by atoms with van der Waals surface area (Å²) < 4.78 is 2.43. The summed E-state index contributed by atoms with van der Waals surface area (Å²) in [5, 5.41) is 8.83. The van der Waals surface area contributed by atoms with Gasteiger partial charge < -0.3 is 10.3 Å². The van der Waals surface area contributed by atoms with Gasteiger partial charge in [0.2, 0.25) is 0 Å². The first-order valence-electron chi connectivity index (χ1n) is 10.5. The number of aromatic nitrogens is 3. The molecule has 2 saturated heterocycles. The molecule has 2 unspecified atom stereocenters. The normalized spacial score (nSPS) is 26.6. The second-order valence-corrected chi connectivity index (χ2v) is 8.68. The molecular weight excluding hydrogens is 334 g/mol. The quantitative estimate of drug-likeness (QED) is 0.839. The fraction of sp³-hybridized carbons (Fsp3) is 0.636. The van der Waals surface area contributed by atoms with Crippen LogP contribution in [-0.4, -0.2) is 38.3 Å². The Morgan fingerprint density at radius 3 is 2.33 bits per heavy atom. The first-order valence-corrected chi connectivity index (χ1v) is 10.5. The lowest BCUT2D eigenvalue weighted by Gasteiger charge is -2.40. The molecular formula is C22H33N5. The molecule has 0 amide bonds. The Morgan fingerprint density at radius 2 is 1.70 bits per heavy atom. The summed E-state index contributed by atoms with van der Waals surface area (Å²) in [6.07, 6.45) is 6.11. The maximum absolute atomic E-state index is 6.45. The van der Waals surface area contributed by atoms with Crippen LogP contribution in [0.25, 0.3) is 0 Å². The Morgan fingerprint density at radius 1 is 1.04 bits per heavy atom. The van der Waals surface area contributed by atoms with Gasteiger partial charge in [-0.3, -0.25) is 4.90 Å². The Balaban J connectivity index is 1.42. The zero-order valence-electron chi connectivity index (χ0n) is 16.9. The SMILES string of the molecule is Cc1nnc(C(C)C)n1C1CC2CC[C@@H](C1)N2CC[C@H](N)c1ccccc1. The molecule has 5 heteroatoms. The van der Waals surface area contributed by atoms with Gasteiger partial charge in [0, 0.05) is 36.6 Å². The lowest BCUT2D eigenvalue weighted by molar-refractivity contribution is 0.101. The van der Waals surface area contributed by atoms with Gasteiger partial charge in [0.25, 0.3) is 0 Å². The number of aryl methyl sites for hydroxylation is 1. The van der Waals surface area contributed by atoms with E-state index in [2.05, 4.69) is 70.8 Å². The number of rotatable bonds is 6. The molecule has 146 valence electrons. The third-order valence-electron chi connectivity index (χ3n) is 6.56. The number of hydrogen-bond donors (Lipinski definition) is 1. The molecule has 0 aliphatic carbocycles. The van der Waals surface area contributed by atoms with E-state index in [1.165, 1.54) is 31.2 Å². The zero-order valence-corrected chi connectivity index (χ0v) is 16.9. The highest BCUT2D eigenvalue weighted by molar-refractivity contribution is 5.18. The number of piperidine rings is 1. The van der Waals surface area contributed by atoms with E-state index in [1.807, 2.05) is 0 Å². The Bertz CT molecular complexity index is 739. The molecule has 2 aliphatic rings. The van der Waals surface area contributed by atoms with Crippen LogP contribution in [0, 0.1) is 6.92 Å². The monoisotopic (exact) mass is 367 g/mol. The van der Waals surface area contributed by atoms with Crippen LogP contribution in [0.15, 0.2) is 30.3 Å². The van der Waals surface area contributed by atoms with Crippen molar-refractivity contribution in [1.29, 1.82) is 0 Å². The van der Waals surface area contributed by atoms with E-state index in [9.17, 15) is 0 Å². The summed E-state index contributed by atoms with van der Waals surface area (Å²) in [7, 11) is 0. The summed E-state index contributed by atoms with van der Waals surface area (Å²) in [6, 6.07) is 12.6. The number of nitrogens with two attached hydrogens (primary N) is 1. The van der Waals surface area contributed by atoms with Crippen LogP contribution >= 0.6 is 0 Å². The fourth-order valence-corrected chi connectivity index (χ4v) is 5.21. The minimum Gasteiger partial charge on any atom is -0.324 e. The molecule has 2 bridgehead atoms. The second kappa shape index (κ2) is 7.72. The molecule has 1 aromatic heterocycles. The van der Waals surface area contributed by atoms with E-state index in [-0.39, 0.29) is 6.04 Å². The zero-order chi connectivity index (χ0) is 19.0. The van der Waals surface area contributed by atoms with Gasteiger partial charge >= 0.3 is 0 Å². The summed E-state index contributed by atoms with van der Waals surface area (Å²) in [5.41, 5.74) is 7.70. The first kappa shape index (κ1) is 18.6.